The van der Waals surface area contributed by atoms with Crippen LogP contribution in [0, 0.1) is 0 Å². The van der Waals surface area contributed by atoms with Crippen molar-refractivity contribution in [2.45, 2.75) is 26.2 Å². The Labute approximate surface area is 135 Å². The van der Waals surface area contributed by atoms with Gasteiger partial charge in [-0.15, -0.1) is 0 Å². The van der Waals surface area contributed by atoms with Crippen molar-refractivity contribution >= 4 is 22.7 Å². The maximum Gasteiger partial charge on any atom is 0.308 e. The van der Waals surface area contributed by atoms with Crippen molar-refractivity contribution in [1.82, 2.24) is 0 Å². The summed E-state index contributed by atoms with van der Waals surface area (Å²) in [5.74, 6) is 0.652. The summed E-state index contributed by atoms with van der Waals surface area (Å²) in [6, 6.07) is 9.34. The molecule has 0 aliphatic heterocycles. The quantitative estimate of drug-likeness (QED) is 0.604. The van der Waals surface area contributed by atoms with Gasteiger partial charge in [0, 0.05) is 18.9 Å². The first-order valence-electron chi connectivity index (χ1n) is 7.40. The third-order valence-corrected chi connectivity index (χ3v) is 3.58. The number of fused-ring (bicyclic) bond motifs is 1. The second kappa shape index (κ2) is 7.63. The number of hydrogen-bond donors (Lipinski definition) is 0. The predicted molar refractivity (Wildman–Crippen MR) is 86.8 cm³/mol. The van der Waals surface area contributed by atoms with Crippen molar-refractivity contribution in [3.8, 4) is 11.5 Å². The van der Waals surface area contributed by atoms with Crippen molar-refractivity contribution in [1.29, 1.82) is 0 Å². The third-order valence-electron chi connectivity index (χ3n) is 3.58. The van der Waals surface area contributed by atoms with Crippen LogP contribution in [0.4, 0.5) is 0 Å². The van der Waals surface area contributed by atoms with E-state index in [4.69, 9.17) is 9.47 Å². The first-order chi connectivity index (χ1) is 11.0. The molecule has 0 N–H and O–H groups in total. The van der Waals surface area contributed by atoms with E-state index in [-0.39, 0.29) is 11.9 Å². The van der Waals surface area contributed by atoms with E-state index >= 15 is 0 Å². The zero-order valence-corrected chi connectivity index (χ0v) is 13.5. The molecule has 0 fully saturated rings. The molecule has 2 aromatic carbocycles. The highest BCUT2D eigenvalue weighted by atomic mass is 16.5. The molecule has 5 heteroatoms. The van der Waals surface area contributed by atoms with Gasteiger partial charge in [0.2, 0.25) is 0 Å². The summed E-state index contributed by atoms with van der Waals surface area (Å²) in [5.41, 5.74) is 0.989. The number of benzene rings is 2. The Morgan fingerprint density at radius 1 is 1.09 bits per heavy atom. The second-order valence-corrected chi connectivity index (χ2v) is 5.15. The molecular formula is C18H20O5. The largest absolute Gasteiger partial charge is 0.496 e. The van der Waals surface area contributed by atoms with Crippen LogP contribution in [0.1, 0.15) is 25.3 Å². The average molecular weight is 316 g/mol. The molecule has 0 aliphatic carbocycles. The third kappa shape index (κ3) is 4.22. The summed E-state index contributed by atoms with van der Waals surface area (Å²) in [6.07, 6.45) is 1.67. The van der Waals surface area contributed by atoms with Crippen LogP contribution in [-0.4, -0.2) is 26.2 Å². The van der Waals surface area contributed by atoms with E-state index in [9.17, 15) is 9.59 Å². The Kier molecular flexibility index (Phi) is 5.57. The smallest absolute Gasteiger partial charge is 0.308 e. The summed E-state index contributed by atoms with van der Waals surface area (Å²) >= 11 is 0. The summed E-state index contributed by atoms with van der Waals surface area (Å²) in [4.78, 5) is 22.4. The van der Waals surface area contributed by atoms with Crippen LogP contribution in [0.2, 0.25) is 0 Å². The summed E-state index contributed by atoms with van der Waals surface area (Å²) in [7, 11) is 2.99. The highest BCUT2D eigenvalue weighted by Crippen LogP contribution is 2.32. The fourth-order valence-electron chi connectivity index (χ4n) is 2.53. The number of aryl methyl sites for hydroxylation is 1. The van der Waals surface area contributed by atoms with Crippen LogP contribution in [0.3, 0.4) is 0 Å². The molecule has 122 valence electrons. The first kappa shape index (κ1) is 16.8. The van der Waals surface area contributed by atoms with Crippen LogP contribution in [0.5, 0.6) is 11.5 Å². The van der Waals surface area contributed by atoms with E-state index in [1.165, 1.54) is 14.0 Å². The van der Waals surface area contributed by atoms with Crippen molar-refractivity contribution in [2.24, 2.45) is 0 Å². The van der Waals surface area contributed by atoms with Crippen LogP contribution >= 0.6 is 0 Å². The van der Waals surface area contributed by atoms with Crippen molar-refractivity contribution in [2.75, 3.05) is 14.2 Å². The molecule has 2 rings (SSSR count). The second-order valence-electron chi connectivity index (χ2n) is 5.15. The molecule has 0 amide bonds. The Bertz CT molecular complexity index is 721. The highest BCUT2D eigenvalue weighted by molar-refractivity contribution is 5.89. The molecule has 0 saturated heterocycles. The zero-order chi connectivity index (χ0) is 16.8. The van der Waals surface area contributed by atoms with E-state index in [0.29, 0.717) is 25.0 Å². The van der Waals surface area contributed by atoms with E-state index in [0.717, 1.165) is 22.1 Å². The number of carbonyl (C=O) groups excluding carboxylic acids is 2. The van der Waals surface area contributed by atoms with Gasteiger partial charge in [0.15, 0.2) is 0 Å². The number of esters is 2. The molecular weight excluding hydrogens is 296 g/mol. The van der Waals surface area contributed by atoms with E-state index in [2.05, 4.69) is 4.74 Å². The van der Waals surface area contributed by atoms with Gasteiger partial charge in [-0.2, -0.15) is 0 Å². The fourth-order valence-corrected chi connectivity index (χ4v) is 2.53. The van der Waals surface area contributed by atoms with Gasteiger partial charge in [0.25, 0.3) is 0 Å². The molecule has 0 bridgehead atoms. The van der Waals surface area contributed by atoms with Crippen LogP contribution in [0.15, 0.2) is 30.3 Å². The lowest BCUT2D eigenvalue weighted by molar-refractivity contribution is -0.140. The van der Waals surface area contributed by atoms with Crippen molar-refractivity contribution in [3.05, 3.63) is 35.9 Å². The van der Waals surface area contributed by atoms with Gasteiger partial charge in [-0.3, -0.25) is 9.59 Å². The Morgan fingerprint density at radius 2 is 1.83 bits per heavy atom. The SMILES string of the molecule is COC(=O)CCCc1c(OC)ccc2ccc(OC(C)=O)cc12. The normalized spacial score (nSPS) is 10.4. The summed E-state index contributed by atoms with van der Waals surface area (Å²) in [5, 5.41) is 1.97. The monoisotopic (exact) mass is 316 g/mol. The summed E-state index contributed by atoms with van der Waals surface area (Å²) < 4.78 is 15.3. The number of rotatable bonds is 6. The van der Waals surface area contributed by atoms with Gasteiger partial charge >= 0.3 is 11.9 Å². The number of carbonyl (C=O) groups is 2. The number of methoxy groups -OCH3 is 2. The topological polar surface area (TPSA) is 61.8 Å². The van der Waals surface area contributed by atoms with E-state index in [1.807, 2.05) is 24.3 Å². The molecule has 0 heterocycles. The Balaban J connectivity index is 2.36. The fraction of sp³-hybridized carbons (Fsp3) is 0.333. The van der Waals surface area contributed by atoms with Gasteiger partial charge < -0.3 is 14.2 Å². The van der Waals surface area contributed by atoms with E-state index in [1.54, 1.807) is 13.2 Å². The minimum atomic E-state index is -0.362. The molecule has 2 aromatic rings. The van der Waals surface area contributed by atoms with Crippen molar-refractivity contribution in [3.63, 3.8) is 0 Å². The minimum Gasteiger partial charge on any atom is -0.496 e. The van der Waals surface area contributed by atoms with Crippen molar-refractivity contribution < 1.29 is 23.8 Å². The molecule has 0 atom stereocenters. The van der Waals surface area contributed by atoms with Gasteiger partial charge in [-0.25, -0.2) is 0 Å². The molecule has 0 aliphatic rings. The number of hydrogen-bond acceptors (Lipinski definition) is 5. The van der Waals surface area contributed by atoms with Gasteiger partial charge in [-0.05, 0) is 41.8 Å². The van der Waals surface area contributed by atoms with Gasteiger partial charge in [0.1, 0.15) is 11.5 Å². The van der Waals surface area contributed by atoms with E-state index < -0.39 is 0 Å². The average Bonchev–Trinajstić information content (AvgIpc) is 2.54. The number of ether oxygens (including phenoxy) is 3. The molecule has 0 aromatic heterocycles. The molecule has 0 radical (unpaired) electrons. The first-order valence-corrected chi connectivity index (χ1v) is 7.40. The van der Waals surface area contributed by atoms with Crippen LogP contribution in [-0.2, 0) is 20.7 Å². The molecule has 0 unspecified atom stereocenters. The minimum absolute atomic E-state index is 0.232. The Morgan fingerprint density at radius 3 is 2.48 bits per heavy atom. The molecule has 0 saturated carbocycles. The maximum absolute atomic E-state index is 11.3. The Hall–Kier alpha value is -2.56. The van der Waals surface area contributed by atoms with Crippen LogP contribution in [0.25, 0.3) is 10.8 Å². The summed E-state index contributed by atoms with van der Waals surface area (Å²) in [6.45, 7) is 1.37. The lowest BCUT2D eigenvalue weighted by Gasteiger charge is -2.13. The van der Waals surface area contributed by atoms with Gasteiger partial charge in [-0.1, -0.05) is 12.1 Å². The maximum atomic E-state index is 11.3. The highest BCUT2D eigenvalue weighted by Gasteiger charge is 2.11. The molecule has 0 spiro atoms. The predicted octanol–water partition coefficient (Wildman–Crippen LogP) is 3.27. The standard InChI is InChI=1S/C18H20O5/c1-12(19)23-14-9-7-13-8-10-17(21-2)15(16(13)11-14)5-4-6-18(20)22-3/h7-11H,4-6H2,1-3H3. The van der Waals surface area contributed by atoms with Gasteiger partial charge in [0.05, 0.1) is 14.2 Å². The molecule has 23 heavy (non-hydrogen) atoms. The zero-order valence-electron chi connectivity index (χ0n) is 13.5. The molecule has 5 nitrogen and oxygen atoms in total. The lowest BCUT2D eigenvalue weighted by atomic mass is 9.98. The van der Waals surface area contributed by atoms with Crippen LogP contribution < -0.4 is 9.47 Å². The lowest BCUT2D eigenvalue weighted by Crippen LogP contribution is -2.03.